The molecule has 18 heavy (non-hydrogen) atoms. The fraction of sp³-hybridized carbons (Fsp3) is 0.273. The summed E-state index contributed by atoms with van der Waals surface area (Å²) in [6.45, 7) is 3.16. The van der Waals surface area contributed by atoms with E-state index in [9.17, 15) is 9.18 Å². The van der Waals surface area contributed by atoms with E-state index in [0.717, 1.165) is 0 Å². The zero-order chi connectivity index (χ0) is 13.9. The fourth-order valence-corrected chi connectivity index (χ4v) is 1.59. The first-order valence-electron chi connectivity index (χ1n) is 5.10. The van der Waals surface area contributed by atoms with Gasteiger partial charge in [-0.05, 0) is 47.5 Å². The zero-order valence-corrected chi connectivity index (χ0v) is 11.5. The Bertz CT molecular complexity index is 505. The standard InChI is InChI=1S/C11H13BrFN3O2/c1-5-3-8(13)7(12)4-9(5)15-11(17)6(2)10(14)16-18/h3-4,6,18H,1-2H3,(H2,14,16)(H,15,17). The summed E-state index contributed by atoms with van der Waals surface area (Å²) < 4.78 is 13.5. The molecule has 0 bridgehead atoms. The Labute approximate surface area is 112 Å². The predicted molar refractivity (Wildman–Crippen MR) is 70.0 cm³/mol. The number of anilines is 1. The minimum Gasteiger partial charge on any atom is -0.409 e. The van der Waals surface area contributed by atoms with Crippen LogP contribution in [-0.4, -0.2) is 17.0 Å². The van der Waals surface area contributed by atoms with Crippen molar-refractivity contribution in [3.63, 3.8) is 0 Å². The fourth-order valence-electron chi connectivity index (χ4n) is 1.24. The number of halogens is 2. The lowest BCUT2D eigenvalue weighted by molar-refractivity contribution is -0.117. The van der Waals surface area contributed by atoms with Crippen LogP contribution < -0.4 is 11.1 Å². The molecular weight excluding hydrogens is 305 g/mol. The largest absolute Gasteiger partial charge is 0.409 e. The molecule has 4 N–H and O–H groups in total. The molecule has 0 heterocycles. The van der Waals surface area contributed by atoms with Gasteiger partial charge in [-0.2, -0.15) is 0 Å². The van der Waals surface area contributed by atoms with Crippen LogP contribution in [0, 0.1) is 18.7 Å². The number of aryl methyl sites for hydroxylation is 1. The van der Waals surface area contributed by atoms with Crippen molar-refractivity contribution in [2.45, 2.75) is 13.8 Å². The van der Waals surface area contributed by atoms with E-state index >= 15 is 0 Å². The number of nitrogens with zero attached hydrogens (tertiary/aromatic N) is 1. The van der Waals surface area contributed by atoms with Crippen molar-refractivity contribution in [1.29, 1.82) is 0 Å². The highest BCUT2D eigenvalue weighted by Crippen LogP contribution is 2.24. The number of nitrogens with two attached hydrogens (primary N) is 1. The van der Waals surface area contributed by atoms with Gasteiger partial charge >= 0.3 is 0 Å². The first-order chi connectivity index (χ1) is 8.36. The van der Waals surface area contributed by atoms with Gasteiger partial charge in [-0.15, -0.1) is 0 Å². The third-order valence-electron chi connectivity index (χ3n) is 2.48. The van der Waals surface area contributed by atoms with E-state index in [-0.39, 0.29) is 10.3 Å². The lowest BCUT2D eigenvalue weighted by atomic mass is 10.1. The minimum atomic E-state index is -0.779. The number of carbonyl (C=O) groups excluding carboxylic acids is 1. The molecule has 7 heteroatoms. The summed E-state index contributed by atoms with van der Waals surface area (Å²) in [7, 11) is 0. The molecule has 0 aromatic heterocycles. The van der Waals surface area contributed by atoms with Crippen LogP contribution in [-0.2, 0) is 4.79 Å². The summed E-state index contributed by atoms with van der Waals surface area (Å²) in [5.74, 6) is -1.81. The quantitative estimate of drug-likeness (QED) is 0.346. The lowest BCUT2D eigenvalue weighted by Gasteiger charge is -2.13. The second-order valence-electron chi connectivity index (χ2n) is 3.82. The summed E-state index contributed by atoms with van der Waals surface area (Å²) in [6, 6.07) is 2.76. The predicted octanol–water partition coefficient (Wildman–Crippen LogP) is 2.22. The summed E-state index contributed by atoms with van der Waals surface area (Å²) in [6.07, 6.45) is 0. The van der Waals surface area contributed by atoms with Crippen molar-refractivity contribution < 1.29 is 14.4 Å². The number of rotatable bonds is 3. The molecule has 0 spiro atoms. The van der Waals surface area contributed by atoms with Gasteiger partial charge in [0.1, 0.15) is 5.82 Å². The van der Waals surface area contributed by atoms with E-state index < -0.39 is 17.6 Å². The number of hydrogen-bond donors (Lipinski definition) is 3. The van der Waals surface area contributed by atoms with Gasteiger partial charge in [0, 0.05) is 5.69 Å². The van der Waals surface area contributed by atoms with Crippen LogP contribution in [0.15, 0.2) is 21.8 Å². The number of nitrogens with one attached hydrogen (secondary N) is 1. The first kappa shape index (κ1) is 14.4. The molecule has 1 aromatic carbocycles. The molecule has 1 rings (SSSR count). The number of carbonyl (C=O) groups is 1. The van der Waals surface area contributed by atoms with E-state index in [1.54, 1.807) is 6.92 Å². The highest BCUT2D eigenvalue weighted by Gasteiger charge is 2.18. The van der Waals surface area contributed by atoms with Gasteiger partial charge in [-0.1, -0.05) is 5.16 Å². The van der Waals surface area contributed by atoms with E-state index in [0.29, 0.717) is 11.3 Å². The van der Waals surface area contributed by atoms with Crippen molar-refractivity contribution in [1.82, 2.24) is 0 Å². The average molecular weight is 318 g/mol. The van der Waals surface area contributed by atoms with Crippen molar-refractivity contribution in [3.8, 4) is 0 Å². The second kappa shape index (κ2) is 5.81. The monoisotopic (exact) mass is 317 g/mol. The Morgan fingerprint density at radius 2 is 2.22 bits per heavy atom. The normalized spacial score (nSPS) is 13.2. The highest BCUT2D eigenvalue weighted by molar-refractivity contribution is 9.10. The Morgan fingerprint density at radius 1 is 1.61 bits per heavy atom. The molecule has 5 nitrogen and oxygen atoms in total. The van der Waals surface area contributed by atoms with Crippen LogP contribution in [0.25, 0.3) is 0 Å². The van der Waals surface area contributed by atoms with Crippen LogP contribution in [0.2, 0.25) is 0 Å². The average Bonchev–Trinajstić information content (AvgIpc) is 2.33. The van der Waals surface area contributed by atoms with Gasteiger partial charge in [0.25, 0.3) is 0 Å². The SMILES string of the molecule is Cc1cc(F)c(Br)cc1NC(=O)C(C)/C(N)=N/O. The van der Waals surface area contributed by atoms with Crippen molar-refractivity contribution >= 4 is 33.4 Å². The van der Waals surface area contributed by atoms with E-state index in [1.165, 1.54) is 19.1 Å². The lowest BCUT2D eigenvalue weighted by Crippen LogP contribution is -2.32. The maximum atomic E-state index is 13.2. The summed E-state index contributed by atoms with van der Waals surface area (Å²) in [5, 5.41) is 13.8. The summed E-state index contributed by atoms with van der Waals surface area (Å²) in [5.41, 5.74) is 6.38. The molecule has 1 amide bonds. The Morgan fingerprint density at radius 3 is 2.78 bits per heavy atom. The van der Waals surface area contributed by atoms with Crippen LogP contribution >= 0.6 is 15.9 Å². The highest BCUT2D eigenvalue weighted by atomic mass is 79.9. The molecule has 1 atom stereocenters. The number of amidine groups is 1. The Kier molecular flexibility index (Phi) is 4.66. The summed E-state index contributed by atoms with van der Waals surface area (Å²) >= 11 is 3.04. The third kappa shape index (κ3) is 3.19. The molecule has 0 saturated carbocycles. The van der Waals surface area contributed by atoms with Crippen molar-refractivity contribution in [2.75, 3.05) is 5.32 Å². The topological polar surface area (TPSA) is 87.7 Å². The number of benzene rings is 1. The number of amides is 1. The Hall–Kier alpha value is -1.63. The maximum Gasteiger partial charge on any atom is 0.234 e. The molecule has 0 saturated heterocycles. The molecule has 0 aliphatic rings. The van der Waals surface area contributed by atoms with Crippen molar-refractivity contribution in [2.24, 2.45) is 16.8 Å². The van der Waals surface area contributed by atoms with E-state index in [4.69, 9.17) is 10.9 Å². The second-order valence-corrected chi connectivity index (χ2v) is 4.67. The Balaban J connectivity index is 2.92. The van der Waals surface area contributed by atoms with Gasteiger partial charge in [0.2, 0.25) is 5.91 Å². The third-order valence-corrected chi connectivity index (χ3v) is 3.09. The van der Waals surface area contributed by atoms with Crippen LogP contribution in [0.4, 0.5) is 10.1 Å². The van der Waals surface area contributed by atoms with Gasteiger partial charge in [-0.25, -0.2) is 4.39 Å². The molecule has 1 unspecified atom stereocenters. The molecule has 98 valence electrons. The van der Waals surface area contributed by atoms with Gasteiger partial charge in [0.05, 0.1) is 10.4 Å². The van der Waals surface area contributed by atoms with E-state index in [1.807, 2.05) is 0 Å². The van der Waals surface area contributed by atoms with Crippen LogP contribution in [0.5, 0.6) is 0 Å². The molecule has 0 fully saturated rings. The smallest absolute Gasteiger partial charge is 0.234 e. The maximum absolute atomic E-state index is 13.2. The number of hydrogen-bond acceptors (Lipinski definition) is 3. The summed E-state index contributed by atoms with van der Waals surface area (Å²) in [4.78, 5) is 11.8. The van der Waals surface area contributed by atoms with Crippen LogP contribution in [0.1, 0.15) is 12.5 Å². The number of oxime groups is 1. The van der Waals surface area contributed by atoms with Gasteiger partial charge in [0.15, 0.2) is 5.84 Å². The molecular formula is C11H13BrFN3O2. The zero-order valence-electron chi connectivity index (χ0n) is 9.87. The van der Waals surface area contributed by atoms with Gasteiger partial charge < -0.3 is 16.3 Å². The molecule has 0 radical (unpaired) electrons. The molecule has 0 aliphatic carbocycles. The van der Waals surface area contributed by atoms with Gasteiger partial charge in [-0.3, -0.25) is 4.79 Å². The van der Waals surface area contributed by atoms with E-state index in [2.05, 4.69) is 26.4 Å². The van der Waals surface area contributed by atoms with Crippen molar-refractivity contribution in [3.05, 3.63) is 28.0 Å². The molecule has 0 aliphatic heterocycles. The van der Waals surface area contributed by atoms with Crippen LogP contribution in [0.3, 0.4) is 0 Å². The molecule has 1 aromatic rings. The minimum absolute atomic E-state index is 0.189. The first-order valence-corrected chi connectivity index (χ1v) is 5.90.